The van der Waals surface area contributed by atoms with Crippen molar-refractivity contribution in [1.29, 1.82) is 0 Å². The molecule has 0 aromatic heterocycles. The first-order chi connectivity index (χ1) is 13.2. The molecule has 5 nitrogen and oxygen atoms in total. The van der Waals surface area contributed by atoms with Crippen molar-refractivity contribution in [3.05, 3.63) is 29.8 Å². The Labute approximate surface area is 163 Å². The normalized spacial score (nSPS) is 19.7. The molecule has 2 saturated heterocycles. The first kappa shape index (κ1) is 20.2. The summed E-state index contributed by atoms with van der Waals surface area (Å²) >= 11 is 0. The minimum atomic E-state index is -0.0248. The molecule has 0 bridgehead atoms. The van der Waals surface area contributed by atoms with Gasteiger partial charge in [0.05, 0.1) is 12.5 Å². The van der Waals surface area contributed by atoms with Crippen molar-refractivity contribution in [2.75, 3.05) is 45.9 Å². The van der Waals surface area contributed by atoms with Crippen LogP contribution in [0.5, 0.6) is 5.75 Å². The van der Waals surface area contributed by atoms with Crippen molar-refractivity contribution >= 4 is 5.97 Å². The molecule has 2 fully saturated rings. The number of piperidine rings is 2. The van der Waals surface area contributed by atoms with E-state index in [1.54, 1.807) is 0 Å². The number of nitrogens with zero attached hydrogens (tertiary/aromatic N) is 2. The summed E-state index contributed by atoms with van der Waals surface area (Å²) in [6, 6.07) is 8.48. The Morgan fingerprint density at radius 1 is 1.00 bits per heavy atom. The van der Waals surface area contributed by atoms with E-state index in [0.29, 0.717) is 6.61 Å². The molecule has 0 atom stereocenters. The fourth-order valence-electron chi connectivity index (χ4n) is 4.01. The Balaban J connectivity index is 1.36. The fraction of sp³-hybridized carbons (Fsp3) is 0.682. The molecule has 0 radical (unpaired) electrons. The first-order valence-corrected chi connectivity index (χ1v) is 10.6. The molecule has 150 valence electrons. The van der Waals surface area contributed by atoms with Gasteiger partial charge in [-0.15, -0.1) is 0 Å². The molecule has 0 amide bonds. The predicted molar refractivity (Wildman–Crippen MR) is 107 cm³/mol. The van der Waals surface area contributed by atoms with Gasteiger partial charge in [0.2, 0.25) is 0 Å². The van der Waals surface area contributed by atoms with E-state index in [2.05, 4.69) is 34.1 Å². The summed E-state index contributed by atoms with van der Waals surface area (Å²) in [7, 11) is 0. The molecular weight excluding hydrogens is 340 g/mol. The van der Waals surface area contributed by atoms with Crippen molar-refractivity contribution in [2.45, 2.75) is 45.6 Å². The van der Waals surface area contributed by atoms with Crippen LogP contribution in [0.3, 0.4) is 0 Å². The van der Waals surface area contributed by atoms with Crippen molar-refractivity contribution in [1.82, 2.24) is 9.80 Å². The Morgan fingerprint density at radius 2 is 1.70 bits per heavy atom. The number of hydrogen-bond donors (Lipinski definition) is 0. The fourth-order valence-corrected chi connectivity index (χ4v) is 4.01. The molecule has 2 aliphatic heterocycles. The summed E-state index contributed by atoms with van der Waals surface area (Å²) in [5.41, 5.74) is 1.30. The van der Waals surface area contributed by atoms with Crippen LogP contribution >= 0.6 is 0 Å². The zero-order valence-corrected chi connectivity index (χ0v) is 16.7. The molecule has 0 aliphatic carbocycles. The number of benzene rings is 1. The second-order valence-corrected chi connectivity index (χ2v) is 7.70. The third kappa shape index (κ3) is 6.51. The van der Waals surface area contributed by atoms with Gasteiger partial charge < -0.3 is 9.47 Å². The van der Waals surface area contributed by atoms with Crippen molar-refractivity contribution in [3.63, 3.8) is 0 Å². The van der Waals surface area contributed by atoms with Crippen molar-refractivity contribution in [3.8, 4) is 5.75 Å². The molecule has 0 unspecified atom stereocenters. The van der Waals surface area contributed by atoms with E-state index in [1.165, 1.54) is 37.9 Å². The number of carbonyl (C=O) groups excluding carboxylic acids is 1. The lowest BCUT2D eigenvalue weighted by atomic mass is 9.96. The van der Waals surface area contributed by atoms with Crippen LogP contribution in [0.25, 0.3) is 0 Å². The van der Waals surface area contributed by atoms with Gasteiger partial charge in [0, 0.05) is 13.1 Å². The van der Waals surface area contributed by atoms with Crippen LogP contribution < -0.4 is 4.74 Å². The minimum absolute atomic E-state index is 0.0248. The Kier molecular flexibility index (Phi) is 7.96. The summed E-state index contributed by atoms with van der Waals surface area (Å²) in [6.07, 6.45) is 5.82. The highest BCUT2D eigenvalue weighted by atomic mass is 16.5. The van der Waals surface area contributed by atoms with E-state index >= 15 is 0 Å². The van der Waals surface area contributed by atoms with Crippen molar-refractivity contribution in [2.24, 2.45) is 5.92 Å². The maximum Gasteiger partial charge on any atom is 0.309 e. The van der Waals surface area contributed by atoms with Gasteiger partial charge in [-0.25, -0.2) is 0 Å². The third-order valence-electron chi connectivity index (χ3n) is 5.66. The number of carbonyl (C=O) groups is 1. The van der Waals surface area contributed by atoms with Crippen LogP contribution in [0, 0.1) is 5.92 Å². The molecule has 27 heavy (non-hydrogen) atoms. The second kappa shape index (κ2) is 10.7. The standard InChI is InChI=1S/C22H34N2O3/c1-2-26-22(25)20-10-14-24(15-11-20)18-19-6-8-21(9-7-19)27-17-16-23-12-4-3-5-13-23/h6-9,20H,2-5,10-18H2,1H3. The third-order valence-corrected chi connectivity index (χ3v) is 5.66. The van der Waals surface area contributed by atoms with E-state index in [0.717, 1.165) is 51.4 Å². The van der Waals surface area contributed by atoms with Crippen LogP contribution in [0.2, 0.25) is 0 Å². The van der Waals surface area contributed by atoms with Gasteiger partial charge in [0.25, 0.3) is 0 Å². The lowest BCUT2D eigenvalue weighted by Crippen LogP contribution is -2.36. The molecule has 1 aromatic carbocycles. The van der Waals surface area contributed by atoms with E-state index in [1.807, 2.05) is 6.92 Å². The van der Waals surface area contributed by atoms with Gasteiger partial charge in [-0.2, -0.15) is 0 Å². The number of esters is 1. The molecule has 0 N–H and O–H groups in total. The number of likely N-dealkylation sites (tertiary alicyclic amines) is 2. The smallest absolute Gasteiger partial charge is 0.309 e. The second-order valence-electron chi connectivity index (χ2n) is 7.70. The van der Waals surface area contributed by atoms with Gasteiger partial charge in [0.15, 0.2) is 0 Å². The summed E-state index contributed by atoms with van der Waals surface area (Å²) in [6.45, 7) is 9.42. The highest BCUT2D eigenvalue weighted by Gasteiger charge is 2.25. The maximum absolute atomic E-state index is 11.8. The summed E-state index contributed by atoms with van der Waals surface area (Å²) in [5, 5.41) is 0. The predicted octanol–water partition coefficient (Wildman–Crippen LogP) is 3.33. The number of hydrogen-bond acceptors (Lipinski definition) is 5. The average Bonchev–Trinajstić information content (AvgIpc) is 2.71. The van der Waals surface area contributed by atoms with E-state index in [9.17, 15) is 4.79 Å². The molecule has 0 saturated carbocycles. The number of rotatable bonds is 8. The first-order valence-electron chi connectivity index (χ1n) is 10.6. The monoisotopic (exact) mass is 374 g/mol. The Bertz CT molecular complexity index is 561. The van der Waals surface area contributed by atoms with E-state index in [4.69, 9.17) is 9.47 Å². The Morgan fingerprint density at radius 3 is 2.37 bits per heavy atom. The molecular formula is C22H34N2O3. The molecule has 2 heterocycles. The molecule has 5 heteroatoms. The van der Waals surface area contributed by atoms with E-state index in [-0.39, 0.29) is 11.9 Å². The van der Waals surface area contributed by atoms with Crippen LogP contribution in [-0.4, -0.2) is 61.7 Å². The minimum Gasteiger partial charge on any atom is -0.492 e. The summed E-state index contributed by atoms with van der Waals surface area (Å²) in [5.74, 6) is 1.01. The zero-order chi connectivity index (χ0) is 18.9. The summed E-state index contributed by atoms with van der Waals surface area (Å²) < 4.78 is 11.1. The molecule has 3 rings (SSSR count). The average molecular weight is 375 g/mol. The Hall–Kier alpha value is -1.59. The highest BCUT2D eigenvalue weighted by Crippen LogP contribution is 2.21. The van der Waals surface area contributed by atoms with Crippen LogP contribution in [-0.2, 0) is 16.1 Å². The lowest BCUT2D eigenvalue weighted by molar-refractivity contribution is -0.149. The van der Waals surface area contributed by atoms with Gasteiger partial charge >= 0.3 is 5.97 Å². The summed E-state index contributed by atoms with van der Waals surface area (Å²) in [4.78, 5) is 16.7. The van der Waals surface area contributed by atoms with Gasteiger partial charge in [-0.05, 0) is 76.5 Å². The van der Waals surface area contributed by atoms with Crippen LogP contribution in [0.1, 0.15) is 44.6 Å². The molecule has 1 aromatic rings. The molecule has 0 spiro atoms. The quantitative estimate of drug-likeness (QED) is 0.653. The lowest BCUT2D eigenvalue weighted by Gasteiger charge is -2.30. The highest BCUT2D eigenvalue weighted by molar-refractivity contribution is 5.72. The maximum atomic E-state index is 11.8. The van der Waals surface area contributed by atoms with Gasteiger partial charge in [-0.1, -0.05) is 18.6 Å². The van der Waals surface area contributed by atoms with Gasteiger partial charge in [0.1, 0.15) is 12.4 Å². The van der Waals surface area contributed by atoms with E-state index < -0.39 is 0 Å². The van der Waals surface area contributed by atoms with Crippen LogP contribution in [0.4, 0.5) is 0 Å². The zero-order valence-electron chi connectivity index (χ0n) is 16.7. The SMILES string of the molecule is CCOC(=O)C1CCN(Cc2ccc(OCCN3CCCCC3)cc2)CC1. The number of ether oxygens (including phenoxy) is 2. The van der Waals surface area contributed by atoms with Gasteiger partial charge in [-0.3, -0.25) is 14.6 Å². The van der Waals surface area contributed by atoms with Crippen LogP contribution in [0.15, 0.2) is 24.3 Å². The van der Waals surface area contributed by atoms with Crippen molar-refractivity contribution < 1.29 is 14.3 Å². The topological polar surface area (TPSA) is 42.0 Å². The largest absolute Gasteiger partial charge is 0.492 e. The molecule has 2 aliphatic rings.